The molecule has 4 N–H and O–H groups in total. The fourth-order valence-electron chi connectivity index (χ4n) is 3.47. The summed E-state index contributed by atoms with van der Waals surface area (Å²) in [5, 5.41) is 2.96. The molecule has 33 heavy (non-hydrogen) atoms. The van der Waals surface area contributed by atoms with Crippen LogP contribution in [0.1, 0.15) is 49.5 Å². The van der Waals surface area contributed by atoms with Crippen LogP contribution in [0.3, 0.4) is 0 Å². The van der Waals surface area contributed by atoms with Gasteiger partial charge in [-0.1, -0.05) is 0 Å². The number of sulfonamides is 1. The van der Waals surface area contributed by atoms with Crippen LogP contribution in [0.25, 0.3) is 0 Å². The molecule has 2 rings (SSSR count). The molecule has 14 heteroatoms. The molecule has 0 aliphatic carbocycles. The number of nitrogens with two attached hydrogens (primary N) is 1. The Labute approximate surface area is 187 Å². The average molecular weight is 505 g/mol. The van der Waals surface area contributed by atoms with Crippen molar-refractivity contribution in [3.05, 3.63) is 34.9 Å². The summed E-state index contributed by atoms with van der Waals surface area (Å²) in [5.41, 5.74) is -0.228. The summed E-state index contributed by atoms with van der Waals surface area (Å²) in [6.45, 7) is 2.67. The van der Waals surface area contributed by atoms with E-state index in [4.69, 9.17) is 10.5 Å². The third kappa shape index (κ3) is 7.04. The third-order valence-corrected chi connectivity index (χ3v) is 6.27. The highest BCUT2D eigenvalue weighted by atomic mass is 32.2. The van der Waals surface area contributed by atoms with Gasteiger partial charge in [0, 0.05) is 12.1 Å². The van der Waals surface area contributed by atoms with Gasteiger partial charge in [-0.2, -0.15) is 31.1 Å². The van der Waals surface area contributed by atoms with Gasteiger partial charge in [0.15, 0.2) is 0 Å². The molecule has 1 heterocycles. The van der Waals surface area contributed by atoms with E-state index in [9.17, 15) is 39.6 Å². The lowest BCUT2D eigenvalue weighted by atomic mass is 9.81. The van der Waals surface area contributed by atoms with Crippen LogP contribution < -0.4 is 15.8 Å². The Morgan fingerprint density at radius 2 is 1.67 bits per heavy atom. The first-order chi connectivity index (χ1) is 14.8. The minimum Gasteiger partial charge on any atom is -0.372 e. The predicted octanol–water partition coefficient (Wildman–Crippen LogP) is 2.72. The molecular formula is C19H25F6N3O4S. The molecule has 1 saturated heterocycles. The van der Waals surface area contributed by atoms with Crippen molar-refractivity contribution < 1.29 is 44.3 Å². The number of rotatable bonds is 7. The molecule has 1 aromatic carbocycles. The number of ether oxygens (including phenoxy) is 1. The molecule has 188 valence electrons. The standard InChI is InChI=1S/C19H25F6N3O4S/c1-11(12-6-13(18(20,21)22)8-14(7-12)19(23,24)25)32-10-16(2)4-5-17(9-27-16,15(26)29)28-33(3,30)31/h6-8,11,27-28H,4-5,9-10H2,1-3H3,(H2,26,29). The number of alkyl halides is 6. The van der Waals surface area contributed by atoms with Crippen LogP contribution in [0.2, 0.25) is 0 Å². The molecule has 0 radical (unpaired) electrons. The van der Waals surface area contributed by atoms with Crippen LogP contribution in [0.5, 0.6) is 0 Å². The first-order valence-electron chi connectivity index (χ1n) is 9.71. The molecule has 0 spiro atoms. The molecule has 1 aliphatic heterocycles. The second-order valence-corrected chi connectivity index (χ2v) is 10.3. The smallest absolute Gasteiger partial charge is 0.372 e. The molecule has 0 aromatic heterocycles. The summed E-state index contributed by atoms with van der Waals surface area (Å²) < 4.78 is 110. The fourth-order valence-corrected chi connectivity index (χ4v) is 4.46. The zero-order chi connectivity index (χ0) is 25.5. The van der Waals surface area contributed by atoms with Crippen molar-refractivity contribution in [2.24, 2.45) is 5.73 Å². The van der Waals surface area contributed by atoms with E-state index >= 15 is 0 Å². The summed E-state index contributed by atoms with van der Waals surface area (Å²) in [7, 11) is -3.76. The van der Waals surface area contributed by atoms with E-state index in [0.717, 1.165) is 6.26 Å². The van der Waals surface area contributed by atoms with Gasteiger partial charge in [0.1, 0.15) is 5.54 Å². The van der Waals surface area contributed by atoms with Gasteiger partial charge in [-0.05, 0) is 50.5 Å². The molecule has 7 nitrogen and oxygen atoms in total. The Hall–Kier alpha value is -1.90. The fraction of sp³-hybridized carbons (Fsp3) is 0.632. The first-order valence-corrected chi connectivity index (χ1v) is 11.6. The number of benzene rings is 1. The molecular weight excluding hydrogens is 480 g/mol. The van der Waals surface area contributed by atoms with Gasteiger partial charge < -0.3 is 15.8 Å². The summed E-state index contributed by atoms with van der Waals surface area (Å²) >= 11 is 0. The van der Waals surface area contributed by atoms with Crippen LogP contribution in [-0.4, -0.2) is 44.8 Å². The number of carbonyl (C=O) groups is 1. The summed E-state index contributed by atoms with van der Waals surface area (Å²) in [6.07, 6.45) is -10.0. The average Bonchev–Trinajstić information content (AvgIpc) is 2.65. The number of piperidine rings is 1. The topological polar surface area (TPSA) is 111 Å². The van der Waals surface area contributed by atoms with Gasteiger partial charge in [0.05, 0.1) is 30.1 Å². The zero-order valence-electron chi connectivity index (χ0n) is 18.0. The normalized spacial score (nSPS) is 25.6. The second-order valence-electron chi connectivity index (χ2n) is 8.53. The van der Waals surface area contributed by atoms with E-state index in [2.05, 4.69) is 10.0 Å². The number of halogens is 6. The minimum absolute atomic E-state index is 0.0123. The lowest BCUT2D eigenvalue weighted by Crippen LogP contribution is -2.69. The maximum Gasteiger partial charge on any atom is 0.416 e. The van der Waals surface area contributed by atoms with Crippen molar-refractivity contribution >= 4 is 15.9 Å². The SMILES string of the molecule is CC(OCC1(C)CCC(NS(C)(=O)=O)(C(N)=O)CN1)c1cc(C(F)(F)F)cc(C(F)(F)F)c1. The highest BCUT2D eigenvalue weighted by Crippen LogP contribution is 2.38. The largest absolute Gasteiger partial charge is 0.416 e. The van der Waals surface area contributed by atoms with E-state index in [1.54, 1.807) is 6.92 Å². The van der Waals surface area contributed by atoms with Crippen LogP contribution in [0.4, 0.5) is 26.3 Å². The van der Waals surface area contributed by atoms with E-state index in [-0.39, 0.29) is 37.6 Å². The molecule has 1 fully saturated rings. The molecule has 0 saturated carbocycles. The Kier molecular flexibility index (Phi) is 7.49. The van der Waals surface area contributed by atoms with Crippen LogP contribution in [-0.2, 0) is 31.9 Å². The van der Waals surface area contributed by atoms with Gasteiger partial charge in [-0.15, -0.1) is 0 Å². The Morgan fingerprint density at radius 1 is 1.15 bits per heavy atom. The molecule has 3 unspecified atom stereocenters. The van der Waals surface area contributed by atoms with Crippen molar-refractivity contribution in [3.8, 4) is 0 Å². The lowest BCUT2D eigenvalue weighted by molar-refractivity contribution is -0.143. The quantitative estimate of drug-likeness (QED) is 0.494. The van der Waals surface area contributed by atoms with Gasteiger partial charge in [-0.25, -0.2) is 8.42 Å². The Bertz CT molecular complexity index is 954. The van der Waals surface area contributed by atoms with Crippen LogP contribution in [0.15, 0.2) is 18.2 Å². The number of hydrogen-bond acceptors (Lipinski definition) is 5. The Balaban J connectivity index is 2.16. The summed E-state index contributed by atoms with van der Waals surface area (Å²) in [6, 6.07) is 1.24. The number of amides is 1. The van der Waals surface area contributed by atoms with Crippen molar-refractivity contribution in [3.63, 3.8) is 0 Å². The zero-order valence-corrected chi connectivity index (χ0v) is 18.8. The lowest BCUT2D eigenvalue weighted by Gasteiger charge is -2.44. The van der Waals surface area contributed by atoms with Crippen LogP contribution >= 0.6 is 0 Å². The van der Waals surface area contributed by atoms with Gasteiger partial charge in [0.25, 0.3) is 0 Å². The molecule has 1 aromatic rings. The summed E-state index contributed by atoms with van der Waals surface area (Å²) in [5.74, 6) is -0.889. The van der Waals surface area contributed by atoms with E-state index in [1.165, 1.54) is 6.92 Å². The maximum atomic E-state index is 13.1. The van der Waals surface area contributed by atoms with Crippen LogP contribution in [0, 0.1) is 0 Å². The van der Waals surface area contributed by atoms with E-state index < -0.39 is 56.6 Å². The first kappa shape index (κ1) is 27.3. The van der Waals surface area contributed by atoms with Crippen molar-refractivity contribution in [2.75, 3.05) is 19.4 Å². The summed E-state index contributed by atoms with van der Waals surface area (Å²) in [4.78, 5) is 11.9. The van der Waals surface area contributed by atoms with Gasteiger partial charge in [0.2, 0.25) is 15.9 Å². The van der Waals surface area contributed by atoms with E-state index in [1.807, 2.05) is 0 Å². The molecule has 1 aliphatic rings. The van der Waals surface area contributed by atoms with Crippen molar-refractivity contribution in [2.45, 2.75) is 56.2 Å². The number of nitrogens with one attached hydrogen (secondary N) is 2. The van der Waals surface area contributed by atoms with E-state index in [0.29, 0.717) is 12.1 Å². The number of hydrogen-bond donors (Lipinski definition) is 3. The number of primary amides is 1. The Morgan fingerprint density at radius 3 is 2.03 bits per heavy atom. The maximum absolute atomic E-state index is 13.1. The van der Waals surface area contributed by atoms with Gasteiger partial charge >= 0.3 is 12.4 Å². The monoisotopic (exact) mass is 505 g/mol. The van der Waals surface area contributed by atoms with Gasteiger partial charge in [-0.3, -0.25) is 4.79 Å². The predicted molar refractivity (Wildman–Crippen MR) is 106 cm³/mol. The molecule has 1 amide bonds. The van der Waals surface area contributed by atoms with Crippen molar-refractivity contribution in [1.82, 2.24) is 10.0 Å². The highest BCUT2D eigenvalue weighted by molar-refractivity contribution is 7.88. The number of carbonyl (C=O) groups excluding carboxylic acids is 1. The third-order valence-electron chi connectivity index (χ3n) is 5.50. The highest BCUT2D eigenvalue weighted by Gasteiger charge is 2.46. The minimum atomic E-state index is -4.97. The second kappa shape index (κ2) is 9.04. The van der Waals surface area contributed by atoms with Crippen molar-refractivity contribution in [1.29, 1.82) is 0 Å². The molecule has 3 atom stereocenters. The molecule has 0 bridgehead atoms.